The highest BCUT2D eigenvalue weighted by Gasteiger charge is 2.11. The molecule has 0 fully saturated rings. The number of nitrogens with two attached hydrogens (primary N) is 1. The third-order valence-corrected chi connectivity index (χ3v) is 3.50. The minimum Gasteiger partial charge on any atom is -0.484 e. The summed E-state index contributed by atoms with van der Waals surface area (Å²) in [6, 6.07) is 15.6. The Kier molecular flexibility index (Phi) is 6.05. The van der Waals surface area contributed by atoms with Gasteiger partial charge in [0, 0.05) is 18.7 Å². The smallest absolute Gasteiger partial charge is 0.136 e. The third-order valence-electron chi connectivity index (χ3n) is 3.25. The van der Waals surface area contributed by atoms with Gasteiger partial charge < -0.3 is 15.2 Å². The Hall–Kier alpha value is -1.55. The van der Waals surface area contributed by atoms with E-state index in [0.717, 1.165) is 24.3 Å². The molecule has 1 atom stereocenters. The number of hydrogen-bond acceptors (Lipinski definition) is 3. The third kappa shape index (κ3) is 4.74. The van der Waals surface area contributed by atoms with E-state index in [-0.39, 0.29) is 6.10 Å². The molecule has 21 heavy (non-hydrogen) atoms. The maximum absolute atomic E-state index is 5.95. The first kappa shape index (κ1) is 15.8. The average molecular weight is 306 g/mol. The summed E-state index contributed by atoms with van der Waals surface area (Å²) < 4.78 is 11.0. The van der Waals surface area contributed by atoms with Crippen LogP contribution in [0.4, 0.5) is 0 Å². The molecule has 2 aromatic carbocycles. The van der Waals surface area contributed by atoms with Crippen molar-refractivity contribution in [1.82, 2.24) is 0 Å². The number of methoxy groups -OCH3 is 1. The molecule has 0 heterocycles. The van der Waals surface area contributed by atoms with Crippen LogP contribution >= 0.6 is 11.6 Å². The number of hydrogen-bond donors (Lipinski definition) is 1. The van der Waals surface area contributed by atoms with Crippen LogP contribution in [0.1, 0.15) is 17.2 Å². The first-order valence-corrected chi connectivity index (χ1v) is 7.31. The Morgan fingerprint density at radius 1 is 1.05 bits per heavy atom. The monoisotopic (exact) mass is 305 g/mol. The Morgan fingerprint density at radius 2 is 1.71 bits per heavy atom. The van der Waals surface area contributed by atoms with Gasteiger partial charge in [-0.15, -0.1) is 0 Å². The lowest BCUT2D eigenvalue weighted by Gasteiger charge is -2.18. The second-order valence-electron chi connectivity index (χ2n) is 4.78. The second-order valence-corrected chi connectivity index (χ2v) is 5.22. The molecule has 2 aromatic rings. The molecule has 1 unspecified atom stereocenters. The van der Waals surface area contributed by atoms with Gasteiger partial charge in [-0.05, 0) is 41.8 Å². The summed E-state index contributed by atoms with van der Waals surface area (Å²) in [6.45, 7) is 1.13. The Bertz CT molecular complexity index is 540. The molecule has 4 heteroatoms. The van der Waals surface area contributed by atoms with Gasteiger partial charge in [-0.25, -0.2) is 0 Å². The van der Waals surface area contributed by atoms with Crippen LogP contribution in [0, 0.1) is 0 Å². The average Bonchev–Trinajstić information content (AvgIpc) is 2.53. The van der Waals surface area contributed by atoms with Crippen LogP contribution in [-0.2, 0) is 11.2 Å². The highest BCUT2D eigenvalue weighted by Crippen LogP contribution is 2.23. The van der Waals surface area contributed by atoms with Crippen molar-refractivity contribution < 1.29 is 9.47 Å². The predicted octanol–water partition coefficient (Wildman–Crippen LogP) is 3.61. The van der Waals surface area contributed by atoms with E-state index in [2.05, 4.69) is 0 Å². The highest BCUT2D eigenvalue weighted by atomic mass is 35.5. The fourth-order valence-corrected chi connectivity index (χ4v) is 2.17. The molecule has 0 aliphatic carbocycles. The van der Waals surface area contributed by atoms with Gasteiger partial charge in [0.1, 0.15) is 11.9 Å². The summed E-state index contributed by atoms with van der Waals surface area (Å²) in [5, 5.41) is 0.706. The normalized spacial score (nSPS) is 12.1. The van der Waals surface area contributed by atoms with Crippen LogP contribution in [0.5, 0.6) is 5.75 Å². The molecule has 0 aliphatic rings. The highest BCUT2D eigenvalue weighted by molar-refractivity contribution is 6.30. The van der Waals surface area contributed by atoms with Crippen molar-refractivity contribution >= 4 is 11.6 Å². The van der Waals surface area contributed by atoms with E-state index in [1.165, 1.54) is 5.56 Å². The molecule has 0 saturated carbocycles. The first-order valence-electron chi connectivity index (χ1n) is 6.93. The molecular formula is C17H20ClNO2. The van der Waals surface area contributed by atoms with Crippen molar-refractivity contribution in [2.24, 2.45) is 5.73 Å². The number of halogens is 1. The minimum atomic E-state index is -0.174. The maximum atomic E-state index is 5.95. The summed E-state index contributed by atoms with van der Waals surface area (Å²) in [4.78, 5) is 0. The molecule has 0 saturated heterocycles. The largest absolute Gasteiger partial charge is 0.484 e. The van der Waals surface area contributed by atoms with Gasteiger partial charge in [-0.1, -0.05) is 35.9 Å². The van der Waals surface area contributed by atoms with Gasteiger partial charge in [-0.3, -0.25) is 0 Å². The minimum absolute atomic E-state index is 0.174. The van der Waals surface area contributed by atoms with Gasteiger partial charge in [0.25, 0.3) is 0 Å². The fourth-order valence-electron chi connectivity index (χ4n) is 2.05. The zero-order valence-corrected chi connectivity index (χ0v) is 12.8. The molecule has 3 nitrogen and oxygen atoms in total. The van der Waals surface area contributed by atoms with Crippen molar-refractivity contribution in [3.8, 4) is 5.75 Å². The van der Waals surface area contributed by atoms with E-state index in [4.69, 9.17) is 26.8 Å². The maximum Gasteiger partial charge on any atom is 0.136 e. The van der Waals surface area contributed by atoms with E-state index < -0.39 is 0 Å². The number of rotatable bonds is 7. The SMILES string of the molecule is COCCc1ccc(OC(CN)c2ccc(Cl)cc2)cc1. The molecule has 0 spiro atoms. The van der Waals surface area contributed by atoms with E-state index in [9.17, 15) is 0 Å². The van der Waals surface area contributed by atoms with Gasteiger partial charge in [-0.2, -0.15) is 0 Å². The van der Waals surface area contributed by atoms with Gasteiger partial charge >= 0.3 is 0 Å². The molecule has 2 rings (SSSR count). The van der Waals surface area contributed by atoms with E-state index >= 15 is 0 Å². The Labute approximate surface area is 130 Å². The summed E-state index contributed by atoms with van der Waals surface area (Å²) in [7, 11) is 1.70. The zero-order valence-electron chi connectivity index (χ0n) is 12.1. The predicted molar refractivity (Wildman–Crippen MR) is 85.9 cm³/mol. The molecule has 0 bridgehead atoms. The van der Waals surface area contributed by atoms with Crippen LogP contribution in [0.25, 0.3) is 0 Å². The lowest BCUT2D eigenvalue weighted by molar-refractivity contribution is 0.202. The van der Waals surface area contributed by atoms with E-state index in [0.29, 0.717) is 11.6 Å². The molecular weight excluding hydrogens is 286 g/mol. The van der Waals surface area contributed by atoms with Crippen molar-refractivity contribution in [3.05, 3.63) is 64.7 Å². The fraction of sp³-hybridized carbons (Fsp3) is 0.294. The van der Waals surface area contributed by atoms with Gasteiger partial charge in [0.05, 0.1) is 6.61 Å². The van der Waals surface area contributed by atoms with Gasteiger partial charge in [0.15, 0.2) is 0 Å². The van der Waals surface area contributed by atoms with Crippen LogP contribution in [0.2, 0.25) is 5.02 Å². The lowest BCUT2D eigenvalue weighted by Crippen LogP contribution is -2.18. The van der Waals surface area contributed by atoms with E-state index in [1.54, 1.807) is 7.11 Å². The zero-order chi connectivity index (χ0) is 15.1. The van der Waals surface area contributed by atoms with Crippen molar-refractivity contribution in [2.75, 3.05) is 20.3 Å². The summed E-state index contributed by atoms with van der Waals surface area (Å²) in [5.74, 6) is 0.807. The second kappa shape index (κ2) is 8.03. The quantitative estimate of drug-likeness (QED) is 0.850. The molecule has 112 valence electrons. The summed E-state index contributed by atoms with van der Waals surface area (Å²) >= 11 is 5.90. The molecule has 0 aromatic heterocycles. The number of ether oxygens (including phenoxy) is 2. The molecule has 0 amide bonds. The Balaban J connectivity index is 2.02. The molecule has 0 radical (unpaired) electrons. The van der Waals surface area contributed by atoms with Crippen molar-refractivity contribution in [1.29, 1.82) is 0 Å². The number of benzene rings is 2. The van der Waals surface area contributed by atoms with Crippen LogP contribution in [0.15, 0.2) is 48.5 Å². The lowest BCUT2D eigenvalue weighted by atomic mass is 10.1. The van der Waals surface area contributed by atoms with Gasteiger partial charge in [0.2, 0.25) is 0 Å². The van der Waals surface area contributed by atoms with Crippen LogP contribution in [-0.4, -0.2) is 20.3 Å². The van der Waals surface area contributed by atoms with Crippen LogP contribution in [0.3, 0.4) is 0 Å². The van der Waals surface area contributed by atoms with Crippen molar-refractivity contribution in [2.45, 2.75) is 12.5 Å². The standard InChI is InChI=1S/C17H20ClNO2/c1-20-11-10-13-2-8-16(9-3-13)21-17(12-19)14-4-6-15(18)7-5-14/h2-9,17H,10-12,19H2,1H3. The molecule has 2 N–H and O–H groups in total. The van der Waals surface area contributed by atoms with E-state index in [1.807, 2.05) is 48.5 Å². The summed E-state index contributed by atoms with van der Waals surface area (Å²) in [6.07, 6.45) is 0.723. The molecule has 0 aliphatic heterocycles. The summed E-state index contributed by atoms with van der Waals surface area (Å²) in [5.41, 5.74) is 8.05. The van der Waals surface area contributed by atoms with Crippen LogP contribution < -0.4 is 10.5 Å². The topological polar surface area (TPSA) is 44.5 Å². The van der Waals surface area contributed by atoms with Crippen molar-refractivity contribution in [3.63, 3.8) is 0 Å². The Morgan fingerprint density at radius 3 is 2.29 bits per heavy atom. The first-order chi connectivity index (χ1) is 10.2.